The number of benzene rings is 1. The number of nitrogens with zero attached hydrogens (tertiary/aromatic N) is 3. The highest BCUT2D eigenvalue weighted by Crippen LogP contribution is 2.26. The maximum Gasteiger partial charge on any atom is 0.325 e. The maximum atomic E-state index is 11.1. The second kappa shape index (κ2) is 7.23. The molecule has 0 bridgehead atoms. The predicted octanol–water partition coefficient (Wildman–Crippen LogP) is 3.13. The molecule has 0 saturated carbocycles. The molecule has 0 spiro atoms. The van der Waals surface area contributed by atoms with Gasteiger partial charge in [-0.1, -0.05) is 22.8 Å². The van der Waals surface area contributed by atoms with Gasteiger partial charge < -0.3 is 10.4 Å². The topological polar surface area (TPSA) is 98.1 Å². The minimum atomic E-state index is -1.02. The number of aliphatic carboxylic acids is 1. The van der Waals surface area contributed by atoms with Crippen LogP contribution in [0.15, 0.2) is 27.8 Å². The van der Waals surface area contributed by atoms with Crippen molar-refractivity contribution in [3.8, 4) is 0 Å². The third kappa shape index (κ3) is 4.19. The van der Waals surface area contributed by atoms with E-state index in [0.29, 0.717) is 15.1 Å². The SMILES string of the molecule is [N-]=[N+]=NCCNC(C(=O)O)c1ccc(Br)c(Cl)c1. The average Bonchev–Trinajstić information content (AvgIpc) is 2.32. The highest BCUT2D eigenvalue weighted by molar-refractivity contribution is 9.10. The normalized spacial score (nSPS) is 11.7. The first-order valence-corrected chi connectivity index (χ1v) is 6.15. The van der Waals surface area contributed by atoms with Crippen molar-refractivity contribution in [2.75, 3.05) is 13.1 Å². The van der Waals surface area contributed by atoms with Crippen LogP contribution in [0.2, 0.25) is 5.02 Å². The predicted molar refractivity (Wildman–Crippen MR) is 71.5 cm³/mol. The Morgan fingerprint density at radius 1 is 1.67 bits per heavy atom. The van der Waals surface area contributed by atoms with Gasteiger partial charge in [0.15, 0.2) is 0 Å². The second-order valence-corrected chi connectivity index (χ2v) is 4.61. The summed E-state index contributed by atoms with van der Waals surface area (Å²) >= 11 is 9.15. The Labute approximate surface area is 117 Å². The first-order chi connectivity index (χ1) is 8.56. The van der Waals surface area contributed by atoms with Gasteiger partial charge in [-0.25, -0.2) is 0 Å². The zero-order valence-corrected chi connectivity index (χ0v) is 11.5. The molecule has 8 heteroatoms. The van der Waals surface area contributed by atoms with E-state index in [2.05, 4.69) is 31.3 Å². The fraction of sp³-hybridized carbons (Fsp3) is 0.300. The molecule has 0 heterocycles. The standard InChI is InChI=1S/C10H10BrClN4O2/c11-7-2-1-6(5-8(7)12)9(10(17)18)14-3-4-15-16-13/h1-2,5,9,14H,3-4H2,(H,17,18). The van der Waals surface area contributed by atoms with Gasteiger partial charge in [0.1, 0.15) is 6.04 Å². The number of hydrogen-bond donors (Lipinski definition) is 2. The Kier molecular flexibility index (Phi) is 5.94. The molecular weight excluding hydrogens is 323 g/mol. The number of halogens is 2. The second-order valence-electron chi connectivity index (χ2n) is 3.35. The summed E-state index contributed by atoms with van der Waals surface area (Å²) in [6, 6.07) is 4.03. The van der Waals surface area contributed by atoms with Crippen LogP contribution in [-0.2, 0) is 4.79 Å². The summed E-state index contributed by atoms with van der Waals surface area (Å²) in [6.45, 7) is 0.458. The van der Waals surface area contributed by atoms with E-state index in [1.165, 1.54) is 0 Å². The molecule has 0 saturated heterocycles. The van der Waals surface area contributed by atoms with Crippen LogP contribution in [0.4, 0.5) is 0 Å². The minimum absolute atomic E-state index is 0.185. The number of hydrogen-bond acceptors (Lipinski definition) is 3. The summed E-state index contributed by atoms with van der Waals surface area (Å²) in [7, 11) is 0. The number of carbonyl (C=O) groups is 1. The third-order valence-corrected chi connectivity index (χ3v) is 3.38. The molecule has 96 valence electrons. The smallest absolute Gasteiger partial charge is 0.325 e. The molecule has 0 aliphatic rings. The van der Waals surface area contributed by atoms with E-state index in [-0.39, 0.29) is 13.1 Å². The highest BCUT2D eigenvalue weighted by atomic mass is 79.9. The summed E-state index contributed by atoms with van der Waals surface area (Å²) in [6.07, 6.45) is 0. The quantitative estimate of drug-likeness (QED) is 0.362. The lowest BCUT2D eigenvalue weighted by Crippen LogP contribution is -2.30. The van der Waals surface area contributed by atoms with Crippen molar-refractivity contribution in [1.29, 1.82) is 0 Å². The van der Waals surface area contributed by atoms with Gasteiger partial charge in [0, 0.05) is 22.5 Å². The molecule has 0 amide bonds. The van der Waals surface area contributed by atoms with Crippen LogP contribution in [0.1, 0.15) is 11.6 Å². The summed E-state index contributed by atoms with van der Waals surface area (Å²) in [5.41, 5.74) is 8.65. The Morgan fingerprint density at radius 2 is 2.39 bits per heavy atom. The first kappa shape index (κ1) is 14.8. The van der Waals surface area contributed by atoms with E-state index >= 15 is 0 Å². The lowest BCUT2D eigenvalue weighted by Gasteiger charge is -2.14. The molecular formula is C10H10BrClN4O2. The molecule has 2 N–H and O–H groups in total. The number of carboxylic acid groups (broad SMARTS) is 1. The van der Waals surface area contributed by atoms with Gasteiger partial charge in [0.25, 0.3) is 0 Å². The maximum absolute atomic E-state index is 11.1. The largest absolute Gasteiger partial charge is 0.480 e. The van der Waals surface area contributed by atoms with Crippen molar-refractivity contribution in [2.45, 2.75) is 6.04 Å². The van der Waals surface area contributed by atoms with Crippen molar-refractivity contribution in [1.82, 2.24) is 5.32 Å². The van der Waals surface area contributed by atoms with E-state index in [1.54, 1.807) is 18.2 Å². The summed E-state index contributed by atoms with van der Waals surface area (Å²) < 4.78 is 0.700. The van der Waals surface area contributed by atoms with Gasteiger partial charge in [-0.2, -0.15) is 0 Å². The minimum Gasteiger partial charge on any atom is -0.480 e. The molecule has 1 aromatic carbocycles. The van der Waals surface area contributed by atoms with Gasteiger partial charge in [0.2, 0.25) is 0 Å². The average molecular weight is 334 g/mol. The van der Waals surface area contributed by atoms with Crippen LogP contribution >= 0.6 is 27.5 Å². The molecule has 1 unspecified atom stereocenters. The molecule has 0 aromatic heterocycles. The molecule has 0 aliphatic heterocycles. The monoisotopic (exact) mass is 332 g/mol. The Balaban J connectivity index is 2.80. The number of carboxylic acids is 1. The van der Waals surface area contributed by atoms with Crippen molar-refractivity contribution in [3.05, 3.63) is 43.7 Å². The van der Waals surface area contributed by atoms with Crippen molar-refractivity contribution < 1.29 is 9.90 Å². The van der Waals surface area contributed by atoms with E-state index in [0.717, 1.165) is 0 Å². The number of azide groups is 1. The molecule has 1 rings (SSSR count). The first-order valence-electron chi connectivity index (χ1n) is 4.98. The van der Waals surface area contributed by atoms with E-state index in [9.17, 15) is 4.79 Å². The molecule has 18 heavy (non-hydrogen) atoms. The Morgan fingerprint density at radius 3 is 2.94 bits per heavy atom. The van der Waals surface area contributed by atoms with Crippen molar-refractivity contribution in [2.24, 2.45) is 5.11 Å². The Bertz CT molecular complexity index is 491. The zero-order chi connectivity index (χ0) is 13.5. The van der Waals surface area contributed by atoms with Crippen LogP contribution in [0.5, 0.6) is 0 Å². The van der Waals surface area contributed by atoms with E-state index in [4.69, 9.17) is 22.2 Å². The van der Waals surface area contributed by atoms with Crippen LogP contribution in [0, 0.1) is 0 Å². The van der Waals surface area contributed by atoms with Crippen LogP contribution in [-0.4, -0.2) is 24.2 Å². The third-order valence-electron chi connectivity index (χ3n) is 2.15. The Hall–Kier alpha value is -1.27. The molecule has 0 fully saturated rings. The van der Waals surface area contributed by atoms with E-state index in [1.807, 2.05) is 0 Å². The zero-order valence-electron chi connectivity index (χ0n) is 9.18. The van der Waals surface area contributed by atoms with Gasteiger partial charge >= 0.3 is 5.97 Å². The molecule has 1 aromatic rings. The lowest BCUT2D eigenvalue weighted by atomic mass is 10.1. The van der Waals surface area contributed by atoms with Gasteiger partial charge in [-0.05, 0) is 39.2 Å². The van der Waals surface area contributed by atoms with Crippen molar-refractivity contribution in [3.63, 3.8) is 0 Å². The summed E-state index contributed by atoms with van der Waals surface area (Å²) in [5.74, 6) is -1.02. The molecule has 6 nitrogen and oxygen atoms in total. The molecule has 1 atom stereocenters. The number of rotatable bonds is 6. The fourth-order valence-electron chi connectivity index (χ4n) is 1.34. The highest BCUT2D eigenvalue weighted by Gasteiger charge is 2.19. The number of nitrogens with one attached hydrogen (secondary N) is 1. The summed E-state index contributed by atoms with van der Waals surface area (Å²) in [4.78, 5) is 13.7. The van der Waals surface area contributed by atoms with Crippen LogP contribution in [0.3, 0.4) is 0 Å². The van der Waals surface area contributed by atoms with Crippen LogP contribution in [0.25, 0.3) is 10.4 Å². The fourth-order valence-corrected chi connectivity index (χ4v) is 1.78. The van der Waals surface area contributed by atoms with Gasteiger partial charge in [-0.15, -0.1) is 0 Å². The van der Waals surface area contributed by atoms with Gasteiger partial charge in [-0.3, -0.25) is 4.79 Å². The van der Waals surface area contributed by atoms with Crippen LogP contribution < -0.4 is 5.32 Å². The van der Waals surface area contributed by atoms with Crippen molar-refractivity contribution >= 4 is 33.5 Å². The molecule has 0 radical (unpaired) electrons. The molecule has 0 aliphatic carbocycles. The van der Waals surface area contributed by atoms with E-state index < -0.39 is 12.0 Å². The lowest BCUT2D eigenvalue weighted by molar-refractivity contribution is -0.139. The summed E-state index contributed by atoms with van der Waals surface area (Å²) in [5, 5.41) is 15.7. The van der Waals surface area contributed by atoms with Gasteiger partial charge in [0.05, 0.1) is 5.02 Å².